The summed E-state index contributed by atoms with van der Waals surface area (Å²) in [5.41, 5.74) is 0. The Bertz CT molecular complexity index is 160. The summed E-state index contributed by atoms with van der Waals surface area (Å²) in [6.45, 7) is 8.72. The first kappa shape index (κ1) is 12.9. The van der Waals surface area contributed by atoms with E-state index in [-0.39, 0.29) is 6.10 Å². The summed E-state index contributed by atoms with van der Waals surface area (Å²) in [5.74, 6) is 0. The first-order chi connectivity index (χ1) is 7.27. The maximum absolute atomic E-state index is 9.77. The van der Waals surface area contributed by atoms with Gasteiger partial charge in [0.05, 0.1) is 6.10 Å². The zero-order valence-corrected chi connectivity index (χ0v) is 10.2. The molecule has 2 N–H and O–H groups in total. The Balaban J connectivity index is 2.12. The van der Waals surface area contributed by atoms with Crippen molar-refractivity contribution in [1.82, 2.24) is 10.2 Å². The maximum Gasteiger partial charge on any atom is 0.0693 e. The third-order valence-corrected chi connectivity index (χ3v) is 3.46. The lowest BCUT2D eigenvalue weighted by Gasteiger charge is -2.29. The molecule has 0 amide bonds. The first-order valence-corrected chi connectivity index (χ1v) is 6.41. The molecule has 1 aliphatic carbocycles. The largest absolute Gasteiger partial charge is 0.392 e. The van der Waals surface area contributed by atoms with Gasteiger partial charge in [0.1, 0.15) is 0 Å². The van der Waals surface area contributed by atoms with Crippen molar-refractivity contribution in [1.29, 1.82) is 0 Å². The number of nitrogens with one attached hydrogen (secondary N) is 1. The van der Waals surface area contributed by atoms with Crippen molar-refractivity contribution in [2.45, 2.75) is 51.7 Å². The molecular weight excluding hydrogens is 188 g/mol. The Labute approximate surface area is 93.9 Å². The molecule has 0 aromatic rings. The van der Waals surface area contributed by atoms with Gasteiger partial charge in [-0.05, 0) is 25.9 Å². The van der Waals surface area contributed by atoms with Crippen LogP contribution >= 0.6 is 0 Å². The minimum Gasteiger partial charge on any atom is -0.392 e. The van der Waals surface area contributed by atoms with Crippen LogP contribution in [-0.4, -0.2) is 48.3 Å². The number of aliphatic hydroxyl groups excluding tert-OH is 1. The SMILES string of the molecule is CCN(CC)CCN[C@@H]1CCCC[C@H]1O. The highest BCUT2D eigenvalue weighted by Gasteiger charge is 2.21. The molecule has 1 rings (SSSR count). The fourth-order valence-electron chi connectivity index (χ4n) is 2.30. The van der Waals surface area contributed by atoms with Crippen LogP contribution in [0.15, 0.2) is 0 Å². The molecule has 0 heterocycles. The van der Waals surface area contributed by atoms with Crippen LogP contribution in [0.2, 0.25) is 0 Å². The van der Waals surface area contributed by atoms with Gasteiger partial charge < -0.3 is 15.3 Å². The highest BCUT2D eigenvalue weighted by atomic mass is 16.3. The lowest BCUT2D eigenvalue weighted by atomic mass is 9.93. The van der Waals surface area contributed by atoms with Gasteiger partial charge in [-0.25, -0.2) is 0 Å². The van der Waals surface area contributed by atoms with Crippen molar-refractivity contribution >= 4 is 0 Å². The molecule has 1 fully saturated rings. The quantitative estimate of drug-likeness (QED) is 0.698. The van der Waals surface area contributed by atoms with E-state index in [9.17, 15) is 5.11 Å². The Morgan fingerprint density at radius 3 is 2.47 bits per heavy atom. The highest BCUT2D eigenvalue weighted by molar-refractivity contribution is 4.80. The number of nitrogens with zero attached hydrogens (tertiary/aromatic N) is 1. The smallest absolute Gasteiger partial charge is 0.0693 e. The monoisotopic (exact) mass is 214 g/mol. The zero-order valence-electron chi connectivity index (χ0n) is 10.2. The predicted molar refractivity (Wildman–Crippen MR) is 64.1 cm³/mol. The predicted octanol–water partition coefficient (Wildman–Crippen LogP) is 1.22. The van der Waals surface area contributed by atoms with Crippen LogP contribution in [0.5, 0.6) is 0 Å². The molecule has 3 nitrogen and oxygen atoms in total. The highest BCUT2D eigenvalue weighted by Crippen LogP contribution is 2.17. The zero-order chi connectivity index (χ0) is 11.1. The topological polar surface area (TPSA) is 35.5 Å². The Morgan fingerprint density at radius 2 is 1.87 bits per heavy atom. The van der Waals surface area contributed by atoms with Gasteiger partial charge in [0.25, 0.3) is 0 Å². The summed E-state index contributed by atoms with van der Waals surface area (Å²) in [7, 11) is 0. The van der Waals surface area contributed by atoms with Crippen LogP contribution in [-0.2, 0) is 0 Å². The van der Waals surface area contributed by atoms with Crippen molar-refractivity contribution in [3.05, 3.63) is 0 Å². The number of likely N-dealkylation sites (N-methyl/N-ethyl adjacent to an activating group) is 1. The molecule has 0 aliphatic heterocycles. The third kappa shape index (κ3) is 4.49. The van der Waals surface area contributed by atoms with E-state index in [1.807, 2.05) is 0 Å². The minimum absolute atomic E-state index is 0.115. The number of hydrogen-bond acceptors (Lipinski definition) is 3. The summed E-state index contributed by atoms with van der Waals surface area (Å²) in [4.78, 5) is 2.40. The molecule has 0 radical (unpaired) electrons. The second kappa shape index (κ2) is 7.20. The summed E-state index contributed by atoms with van der Waals surface area (Å²) in [6, 6.07) is 0.342. The van der Waals surface area contributed by atoms with Gasteiger partial charge in [-0.1, -0.05) is 26.7 Å². The van der Waals surface area contributed by atoms with Gasteiger partial charge in [0.2, 0.25) is 0 Å². The summed E-state index contributed by atoms with van der Waals surface area (Å²) in [5, 5.41) is 13.3. The molecule has 0 aromatic carbocycles. The normalized spacial score (nSPS) is 27.2. The van der Waals surface area contributed by atoms with Crippen LogP contribution in [0.1, 0.15) is 39.5 Å². The molecule has 0 spiro atoms. The fraction of sp³-hybridized carbons (Fsp3) is 1.00. The van der Waals surface area contributed by atoms with E-state index in [2.05, 4.69) is 24.1 Å². The Morgan fingerprint density at radius 1 is 1.20 bits per heavy atom. The van der Waals surface area contributed by atoms with E-state index in [1.54, 1.807) is 0 Å². The minimum atomic E-state index is -0.115. The van der Waals surface area contributed by atoms with Crippen molar-refractivity contribution in [2.24, 2.45) is 0 Å². The van der Waals surface area contributed by atoms with Gasteiger partial charge in [0, 0.05) is 19.1 Å². The molecule has 90 valence electrons. The van der Waals surface area contributed by atoms with E-state index in [4.69, 9.17) is 0 Å². The van der Waals surface area contributed by atoms with Crippen LogP contribution in [0, 0.1) is 0 Å². The van der Waals surface area contributed by atoms with Crippen LogP contribution < -0.4 is 5.32 Å². The van der Waals surface area contributed by atoms with Gasteiger partial charge in [-0.15, -0.1) is 0 Å². The van der Waals surface area contributed by atoms with Crippen LogP contribution in [0.25, 0.3) is 0 Å². The average Bonchev–Trinajstić information content (AvgIpc) is 2.27. The number of hydrogen-bond donors (Lipinski definition) is 2. The molecule has 1 aliphatic rings. The molecule has 15 heavy (non-hydrogen) atoms. The molecular formula is C12H26N2O. The second-order valence-corrected chi connectivity index (χ2v) is 4.44. The van der Waals surface area contributed by atoms with E-state index in [0.717, 1.165) is 39.0 Å². The van der Waals surface area contributed by atoms with Crippen molar-refractivity contribution in [3.8, 4) is 0 Å². The van der Waals surface area contributed by atoms with E-state index in [1.165, 1.54) is 12.8 Å². The molecule has 2 atom stereocenters. The second-order valence-electron chi connectivity index (χ2n) is 4.44. The third-order valence-electron chi connectivity index (χ3n) is 3.46. The molecule has 1 saturated carbocycles. The maximum atomic E-state index is 9.77. The standard InChI is InChI=1S/C12H26N2O/c1-3-14(4-2)10-9-13-11-7-5-6-8-12(11)15/h11-13,15H,3-10H2,1-2H3/t11-,12-/m1/s1. The average molecular weight is 214 g/mol. The van der Waals surface area contributed by atoms with Gasteiger partial charge in [-0.3, -0.25) is 0 Å². The summed E-state index contributed by atoms with van der Waals surface area (Å²) in [6.07, 6.45) is 4.45. The molecule has 0 saturated heterocycles. The van der Waals surface area contributed by atoms with Crippen molar-refractivity contribution in [3.63, 3.8) is 0 Å². The van der Waals surface area contributed by atoms with Crippen LogP contribution in [0.4, 0.5) is 0 Å². The van der Waals surface area contributed by atoms with Gasteiger partial charge in [0.15, 0.2) is 0 Å². The summed E-state index contributed by atoms with van der Waals surface area (Å²) >= 11 is 0. The molecule has 0 aromatic heterocycles. The summed E-state index contributed by atoms with van der Waals surface area (Å²) < 4.78 is 0. The van der Waals surface area contributed by atoms with E-state index < -0.39 is 0 Å². The van der Waals surface area contributed by atoms with Crippen molar-refractivity contribution in [2.75, 3.05) is 26.2 Å². The lowest BCUT2D eigenvalue weighted by molar-refractivity contribution is 0.0895. The number of rotatable bonds is 6. The lowest BCUT2D eigenvalue weighted by Crippen LogP contribution is -2.45. The Hall–Kier alpha value is -0.120. The van der Waals surface area contributed by atoms with E-state index in [0.29, 0.717) is 6.04 Å². The first-order valence-electron chi connectivity index (χ1n) is 6.41. The number of aliphatic hydroxyl groups is 1. The van der Waals surface area contributed by atoms with Gasteiger partial charge in [-0.2, -0.15) is 0 Å². The van der Waals surface area contributed by atoms with Gasteiger partial charge >= 0.3 is 0 Å². The van der Waals surface area contributed by atoms with E-state index >= 15 is 0 Å². The molecule has 3 heteroatoms. The van der Waals surface area contributed by atoms with Crippen LogP contribution in [0.3, 0.4) is 0 Å². The molecule has 0 unspecified atom stereocenters. The molecule has 0 bridgehead atoms. The Kier molecular flexibility index (Phi) is 6.22. The fourth-order valence-corrected chi connectivity index (χ4v) is 2.30. The van der Waals surface area contributed by atoms with Crippen molar-refractivity contribution < 1.29 is 5.11 Å².